The Morgan fingerprint density at radius 1 is 0.947 bits per heavy atom. The Morgan fingerprint density at radius 3 is 2.32 bits per heavy atom. The number of benzene rings is 3. The number of nitrogens with zero attached hydrogens (tertiary/aromatic N) is 2. The summed E-state index contributed by atoms with van der Waals surface area (Å²) in [4.78, 5) is 24.9. The van der Waals surface area contributed by atoms with Crippen LogP contribution in [0.2, 0.25) is 0 Å². The van der Waals surface area contributed by atoms with Crippen molar-refractivity contribution in [1.29, 1.82) is 0 Å². The van der Waals surface area contributed by atoms with E-state index in [1.165, 1.54) is 43.0 Å². The highest BCUT2D eigenvalue weighted by molar-refractivity contribution is 5.99. The first-order valence-electron chi connectivity index (χ1n) is 13.4. The number of carboxylic acids is 1. The minimum Gasteiger partial charge on any atom is -0.478 e. The summed E-state index contributed by atoms with van der Waals surface area (Å²) in [7, 11) is 0. The Morgan fingerprint density at radius 2 is 1.66 bits per heavy atom. The summed E-state index contributed by atoms with van der Waals surface area (Å²) in [5.74, 6) is -0.625. The van der Waals surface area contributed by atoms with Crippen LogP contribution in [0.1, 0.15) is 67.4 Å². The highest BCUT2D eigenvalue weighted by atomic mass is 16.6. The fourth-order valence-electron chi connectivity index (χ4n) is 4.73. The summed E-state index contributed by atoms with van der Waals surface area (Å²) in [6.07, 6.45) is 7.54. The lowest BCUT2D eigenvalue weighted by molar-refractivity contribution is -0.384. The van der Waals surface area contributed by atoms with Crippen LogP contribution < -0.4 is 15.0 Å². The predicted octanol–water partition coefficient (Wildman–Crippen LogP) is 7.72. The fraction of sp³-hybridized carbons (Fsp3) is 0.367. The Bertz CT molecular complexity index is 1300. The van der Waals surface area contributed by atoms with Crippen LogP contribution in [0.25, 0.3) is 0 Å². The summed E-state index contributed by atoms with van der Waals surface area (Å²) < 4.78 is 5.84. The second-order valence-corrected chi connectivity index (χ2v) is 9.70. The molecule has 0 radical (unpaired) electrons. The summed E-state index contributed by atoms with van der Waals surface area (Å²) in [5.41, 5.74) is 4.07. The molecular formula is C30H35N3O5. The minimum absolute atomic E-state index is 0.128. The van der Waals surface area contributed by atoms with E-state index in [-0.39, 0.29) is 22.7 Å². The molecule has 0 spiro atoms. The van der Waals surface area contributed by atoms with Crippen molar-refractivity contribution in [3.63, 3.8) is 0 Å². The molecule has 8 heteroatoms. The highest BCUT2D eigenvalue weighted by Gasteiger charge is 2.26. The topological polar surface area (TPSA) is 105 Å². The molecule has 0 aromatic heterocycles. The molecule has 3 aromatic carbocycles. The Labute approximate surface area is 223 Å². The lowest BCUT2D eigenvalue weighted by atomic mass is 10.0. The molecule has 2 N–H and O–H groups in total. The standard InChI is InChI=1S/C30H35N3O5/c1-3-5-15-32(16-6-4-2)23-12-8-11-21(17-23)9-7-10-22-13-14-27-26(18-22)31-29-25(30(34)35)19-24(33(36)37)20-28(29)38-27/h8,11-14,17-20,31H,3-7,9-10,15-16H2,1-2H3,(H,34,35). The molecule has 38 heavy (non-hydrogen) atoms. The molecule has 0 atom stereocenters. The van der Waals surface area contributed by atoms with E-state index >= 15 is 0 Å². The average molecular weight is 518 g/mol. The molecular weight excluding hydrogens is 482 g/mol. The van der Waals surface area contributed by atoms with Crippen molar-refractivity contribution in [1.82, 2.24) is 0 Å². The smallest absolute Gasteiger partial charge is 0.338 e. The number of unbranched alkanes of at least 4 members (excludes halogenated alkanes) is 2. The van der Waals surface area contributed by atoms with Gasteiger partial charge in [-0.2, -0.15) is 0 Å². The number of aryl methyl sites for hydroxylation is 2. The number of nitro groups is 1. The summed E-state index contributed by atoms with van der Waals surface area (Å²) in [6.45, 7) is 6.63. The molecule has 1 aliphatic rings. The quantitative estimate of drug-likeness (QED) is 0.138. The number of fused-ring (bicyclic) bond motifs is 2. The van der Waals surface area contributed by atoms with Gasteiger partial charge in [0.2, 0.25) is 0 Å². The maximum atomic E-state index is 11.8. The largest absolute Gasteiger partial charge is 0.478 e. The summed E-state index contributed by atoms with van der Waals surface area (Å²) in [5, 5.41) is 23.9. The van der Waals surface area contributed by atoms with E-state index in [2.05, 4.69) is 48.3 Å². The molecule has 0 saturated heterocycles. The molecule has 0 saturated carbocycles. The van der Waals surface area contributed by atoms with Gasteiger partial charge < -0.3 is 20.1 Å². The third-order valence-electron chi connectivity index (χ3n) is 6.82. The first-order valence-corrected chi connectivity index (χ1v) is 13.4. The first-order chi connectivity index (χ1) is 18.4. The molecule has 0 aliphatic carbocycles. The predicted molar refractivity (Wildman–Crippen MR) is 150 cm³/mol. The lowest BCUT2D eigenvalue weighted by Gasteiger charge is -2.25. The zero-order chi connectivity index (χ0) is 27.1. The molecule has 3 aromatic rings. The van der Waals surface area contributed by atoms with Gasteiger partial charge in [-0.1, -0.05) is 44.9 Å². The van der Waals surface area contributed by atoms with Gasteiger partial charge in [-0.25, -0.2) is 4.79 Å². The monoisotopic (exact) mass is 517 g/mol. The van der Waals surface area contributed by atoms with Gasteiger partial charge in [-0.3, -0.25) is 10.1 Å². The van der Waals surface area contributed by atoms with Crippen LogP contribution in [0.3, 0.4) is 0 Å². The van der Waals surface area contributed by atoms with Gasteiger partial charge in [0.05, 0.1) is 27.9 Å². The van der Waals surface area contributed by atoms with Crippen LogP contribution >= 0.6 is 0 Å². The van der Waals surface area contributed by atoms with Crippen LogP contribution in [-0.2, 0) is 12.8 Å². The Kier molecular flexibility index (Phi) is 8.84. The fourth-order valence-corrected chi connectivity index (χ4v) is 4.73. The van der Waals surface area contributed by atoms with E-state index in [9.17, 15) is 20.0 Å². The van der Waals surface area contributed by atoms with E-state index < -0.39 is 10.9 Å². The number of non-ortho nitro benzene ring substituents is 1. The molecule has 0 bridgehead atoms. The summed E-state index contributed by atoms with van der Waals surface area (Å²) >= 11 is 0. The Balaban J connectivity index is 1.43. The number of carbonyl (C=O) groups is 1. The first kappa shape index (κ1) is 27.0. The molecule has 0 fully saturated rings. The number of aromatic carboxylic acids is 1. The van der Waals surface area contributed by atoms with Gasteiger partial charge >= 0.3 is 5.97 Å². The van der Waals surface area contributed by atoms with Crippen molar-refractivity contribution in [3.8, 4) is 11.5 Å². The number of nitrogens with one attached hydrogen (secondary N) is 1. The highest BCUT2D eigenvalue weighted by Crippen LogP contribution is 2.45. The molecule has 8 nitrogen and oxygen atoms in total. The number of hydrogen-bond acceptors (Lipinski definition) is 6. The van der Waals surface area contributed by atoms with Crippen LogP contribution in [0.15, 0.2) is 54.6 Å². The van der Waals surface area contributed by atoms with E-state index in [1.807, 2.05) is 18.2 Å². The summed E-state index contributed by atoms with van der Waals surface area (Å²) in [6, 6.07) is 16.9. The van der Waals surface area contributed by atoms with Crippen molar-refractivity contribution >= 4 is 28.7 Å². The van der Waals surface area contributed by atoms with E-state index in [0.29, 0.717) is 11.4 Å². The maximum Gasteiger partial charge on any atom is 0.338 e. The second-order valence-electron chi connectivity index (χ2n) is 9.70. The molecule has 200 valence electrons. The molecule has 0 amide bonds. The number of nitro benzene ring substituents is 1. The molecule has 4 rings (SSSR count). The third kappa shape index (κ3) is 6.43. The number of rotatable bonds is 13. The third-order valence-corrected chi connectivity index (χ3v) is 6.82. The number of anilines is 3. The SMILES string of the molecule is CCCCN(CCCC)c1cccc(CCCc2ccc3c(c2)Nc2c(cc([N+](=O)[O-])cc2C(=O)O)O3)c1. The van der Waals surface area contributed by atoms with Gasteiger partial charge in [0.1, 0.15) is 0 Å². The van der Waals surface area contributed by atoms with Crippen molar-refractivity contribution in [3.05, 3.63) is 81.4 Å². The van der Waals surface area contributed by atoms with Crippen molar-refractivity contribution in [2.45, 2.75) is 58.8 Å². The van der Waals surface area contributed by atoms with Gasteiger partial charge in [-0.15, -0.1) is 0 Å². The molecule has 1 aliphatic heterocycles. The number of hydrogen-bond donors (Lipinski definition) is 2. The van der Waals surface area contributed by atoms with E-state index in [0.717, 1.165) is 44.0 Å². The normalized spacial score (nSPS) is 11.6. The zero-order valence-electron chi connectivity index (χ0n) is 22.0. The van der Waals surface area contributed by atoms with E-state index in [4.69, 9.17) is 4.74 Å². The average Bonchev–Trinajstić information content (AvgIpc) is 2.91. The Hall–Kier alpha value is -4.07. The number of ether oxygens (including phenoxy) is 1. The van der Waals surface area contributed by atoms with E-state index in [1.54, 1.807) is 0 Å². The molecule has 1 heterocycles. The second kappa shape index (κ2) is 12.4. The zero-order valence-corrected chi connectivity index (χ0v) is 22.0. The van der Waals surface area contributed by atoms with Crippen LogP contribution in [0, 0.1) is 10.1 Å². The van der Waals surface area contributed by atoms with Crippen molar-refractivity contribution < 1.29 is 19.6 Å². The maximum absolute atomic E-state index is 11.8. The van der Waals surface area contributed by atoms with Gasteiger partial charge in [0, 0.05) is 24.8 Å². The minimum atomic E-state index is -1.26. The van der Waals surface area contributed by atoms with Gasteiger partial charge in [-0.05, 0) is 67.5 Å². The van der Waals surface area contributed by atoms with Crippen LogP contribution in [0.4, 0.5) is 22.7 Å². The lowest BCUT2D eigenvalue weighted by Crippen LogP contribution is -2.25. The van der Waals surface area contributed by atoms with Gasteiger partial charge in [0.25, 0.3) is 5.69 Å². The van der Waals surface area contributed by atoms with Crippen LogP contribution in [0.5, 0.6) is 11.5 Å². The van der Waals surface area contributed by atoms with Crippen LogP contribution in [-0.4, -0.2) is 29.1 Å². The molecule has 0 unspecified atom stereocenters. The van der Waals surface area contributed by atoms with Crippen molar-refractivity contribution in [2.75, 3.05) is 23.3 Å². The van der Waals surface area contributed by atoms with Gasteiger partial charge in [0.15, 0.2) is 11.5 Å². The van der Waals surface area contributed by atoms with Crippen molar-refractivity contribution in [2.24, 2.45) is 0 Å². The number of carboxylic acid groups (broad SMARTS) is 1.